The van der Waals surface area contributed by atoms with Crippen molar-refractivity contribution in [3.63, 3.8) is 0 Å². The molecule has 178 valence electrons. The summed E-state index contributed by atoms with van der Waals surface area (Å²) in [5.41, 5.74) is 6.78. The fourth-order valence-electron chi connectivity index (χ4n) is 4.34. The maximum atomic E-state index is 13.6. The number of rotatable bonds is 7. The number of aliphatic imine (C=N–C) groups is 1. The smallest absolute Gasteiger partial charge is 0.267 e. The largest absolute Gasteiger partial charge is 0.493 e. The Morgan fingerprint density at radius 3 is 2.65 bits per heavy atom. The number of methoxy groups -OCH3 is 1. The molecule has 1 saturated heterocycles. The maximum absolute atomic E-state index is 13.6. The van der Waals surface area contributed by atoms with Gasteiger partial charge in [0.2, 0.25) is 0 Å². The summed E-state index contributed by atoms with van der Waals surface area (Å²) in [7, 11) is 1.52. The van der Waals surface area contributed by atoms with Crippen molar-refractivity contribution in [1.82, 2.24) is 4.90 Å². The van der Waals surface area contributed by atoms with Gasteiger partial charge in [0.25, 0.3) is 11.8 Å². The van der Waals surface area contributed by atoms with E-state index in [0.717, 1.165) is 35.7 Å². The zero-order valence-corrected chi connectivity index (χ0v) is 20.2. The Morgan fingerprint density at radius 1 is 1.18 bits per heavy atom. The number of thioether (sulfide) groups is 1. The number of nitrogens with two attached hydrogens (primary N) is 1. The Morgan fingerprint density at radius 2 is 1.94 bits per heavy atom. The standard InChI is InChI=1S/C26H29N3O4S/c1-17-8-6-7-11-20(17)29-25(31)23(34-26(29)28-19-9-4-3-5-10-19)15-18-12-13-21(22(14-18)32-2)33-16-24(27)30/h3-5,9-10,12-15,17,20H,6-8,11,16H2,1-2H3,(H2,27,30)/b23-15-,28-26?/t17-,20+/m1/s1. The number of carbonyl (C=O) groups is 2. The third kappa shape index (κ3) is 5.44. The van der Waals surface area contributed by atoms with Gasteiger partial charge in [-0.1, -0.05) is 44.0 Å². The van der Waals surface area contributed by atoms with E-state index < -0.39 is 5.91 Å². The van der Waals surface area contributed by atoms with Gasteiger partial charge in [0.15, 0.2) is 23.3 Å². The molecule has 2 atom stereocenters. The molecule has 2 aromatic rings. The van der Waals surface area contributed by atoms with E-state index in [1.54, 1.807) is 12.1 Å². The number of primary amides is 1. The molecule has 2 N–H and O–H groups in total. The Labute approximate surface area is 204 Å². The molecule has 2 aromatic carbocycles. The minimum atomic E-state index is -0.566. The van der Waals surface area contributed by atoms with Crippen LogP contribution in [0.25, 0.3) is 6.08 Å². The summed E-state index contributed by atoms with van der Waals surface area (Å²) < 4.78 is 10.8. The summed E-state index contributed by atoms with van der Waals surface area (Å²) in [4.78, 5) is 32.0. The number of carbonyl (C=O) groups excluding carboxylic acids is 2. The molecule has 0 bridgehead atoms. The summed E-state index contributed by atoms with van der Waals surface area (Å²) in [6.45, 7) is 1.98. The summed E-state index contributed by atoms with van der Waals surface area (Å²) in [5, 5.41) is 0.717. The Hall–Kier alpha value is -3.26. The van der Waals surface area contributed by atoms with Gasteiger partial charge in [-0.05, 0) is 66.4 Å². The first kappa shape index (κ1) is 23.9. The molecule has 7 nitrogen and oxygen atoms in total. The molecule has 1 heterocycles. The van der Waals surface area contributed by atoms with E-state index in [9.17, 15) is 9.59 Å². The topological polar surface area (TPSA) is 94.2 Å². The van der Waals surface area contributed by atoms with Crippen molar-refractivity contribution >= 4 is 40.5 Å². The molecule has 0 aromatic heterocycles. The Balaban J connectivity index is 1.66. The van der Waals surface area contributed by atoms with E-state index in [1.165, 1.54) is 25.3 Å². The lowest BCUT2D eigenvalue weighted by molar-refractivity contribution is -0.125. The number of nitrogens with zero attached hydrogens (tertiary/aromatic N) is 2. The van der Waals surface area contributed by atoms with Gasteiger partial charge in [-0.3, -0.25) is 14.5 Å². The molecule has 2 aliphatic rings. The molecule has 0 spiro atoms. The van der Waals surface area contributed by atoms with Crippen LogP contribution in [0.2, 0.25) is 0 Å². The van der Waals surface area contributed by atoms with Crippen molar-refractivity contribution in [2.75, 3.05) is 13.7 Å². The zero-order valence-electron chi connectivity index (χ0n) is 19.4. The van der Waals surface area contributed by atoms with E-state index in [4.69, 9.17) is 20.2 Å². The molecule has 0 radical (unpaired) electrons. The van der Waals surface area contributed by atoms with Crippen LogP contribution in [-0.4, -0.2) is 41.6 Å². The highest BCUT2D eigenvalue weighted by molar-refractivity contribution is 8.18. The molecule has 1 aliphatic carbocycles. The predicted octanol–water partition coefficient (Wildman–Crippen LogP) is 4.74. The molecular formula is C26H29N3O4S. The molecular weight excluding hydrogens is 450 g/mol. The highest BCUT2D eigenvalue weighted by Crippen LogP contribution is 2.40. The van der Waals surface area contributed by atoms with Crippen molar-refractivity contribution in [1.29, 1.82) is 0 Å². The van der Waals surface area contributed by atoms with Crippen LogP contribution < -0.4 is 15.2 Å². The van der Waals surface area contributed by atoms with Crippen LogP contribution in [0.15, 0.2) is 58.4 Å². The molecule has 2 amide bonds. The lowest BCUT2D eigenvalue weighted by atomic mass is 9.85. The Bertz CT molecular complexity index is 1120. The minimum absolute atomic E-state index is 0.0218. The van der Waals surface area contributed by atoms with E-state index in [2.05, 4.69) is 6.92 Å². The second-order valence-corrected chi connectivity index (χ2v) is 9.52. The first-order valence-electron chi connectivity index (χ1n) is 11.4. The van der Waals surface area contributed by atoms with E-state index in [1.807, 2.05) is 47.4 Å². The van der Waals surface area contributed by atoms with Crippen LogP contribution in [0.1, 0.15) is 38.2 Å². The second-order valence-electron chi connectivity index (χ2n) is 8.51. The van der Waals surface area contributed by atoms with Crippen molar-refractivity contribution in [2.24, 2.45) is 16.6 Å². The molecule has 2 fully saturated rings. The zero-order chi connectivity index (χ0) is 24.1. The predicted molar refractivity (Wildman–Crippen MR) is 135 cm³/mol. The van der Waals surface area contributed by atoms with Crippen molar-refractivity contribution < 1.29 is 19.1 Å². The number of amides is 2. The van der Waals surface area contributed by atoms with Crippen molar-refractivity contribution in [3.8, 4) is 11.5 Å². The van der Waals surface area contributed by atoms with Gasteiger partial charge in [0.1, 0.15) is 0 Å². The van der Waals surface area contributed by atoms with Crippen LogP contribution >= 0.6 is 11.8 Å². The summed E-state index contributed by atoms with van der Waals surface area (Å²) >= 11 is 1.40. The number of amidine groups is 1. The average Bonchev–Trinajstić information content (AvgIpc) is 3.13. The van der Waals surface area contributed by atoms with Crippen LogP contribution in [0.4, 0.5) is 5.69 Å². The second kappa shape index (κ2) is 10.8. The molecule has 4 rings (SSSR count). The van der Waals surface area contributed by atoms with E-state index in [-0.39, 0.29) is 18.6 Å². The average molecular weight is 480 g/mol. The normalized spacial score (nSPS) is 22.9. The molecule has 0 unspecified atom stereocenters. The molecule has 8 heteroatoms. The van der Waals surface area contributed by atoms with E-state index >= 15 is 0 Å². The summed E-state index contributed by atoms with van der Waals surface area (Å²) in [5.74, 6) is 0.704. The summed E-state index contributed by atoms with van der Waals surface area (Å²) in [6, 6.07) is 15.2. The number of para-hydroxylation sites is 1. The van der Waals surface area contributed by atoms with Gasteiger partial charge in [0.05, 0.1) is 17.7 Å². The number of ether oxygens (including phenoxy) is 2. The monoisotopic (exact) mass is 479 g/mol. The number of benzene rings is 2. The van der Waals surface area contributed by atoms with Crippen LogP contribution in [0.5, 0.6) is 11.5 Å². The van der Waals surface area contributed by atoms with Gasteiger partial charge in [-0.15, -0.1) is 0 Å². The first-order valence-corrected chi connectivity index (χ1v) is 12.2. The fraction of sp³-hybridized carbons (Fsp3) is 0.346. The van der Waals surface area contributed by atoms with Crippen LogP contribution in [-0.2, 0) is 9.59 Å². The SMILES string of the molecule is COc1cc(/C=C2\SC(=Nc3ccccc3)N([C@H]3CCCC[C@H]3C)C2=O)ccc1OCC(N)=O. The third-order valence-corrected chi connectivity index (χ3v) is 7.05. The molecule has 1 aliphatic heterocycles. The lowest BCUT2D eigenvalue weighted by Crippen LogP contribution is -2.44. The van der Waals surface area contributed by atoms with E-state index in [0.29, 0.717) is 22.3 Å². The van der Waals surface area contributed by atoms with Gasteiger partial charge < -0.3 is 15.2 Å². The van der Waals surface area contributed by atoms with Crippen molar-refractivity contribution in [2.45, 2.75) is 38.6 Å². The van der Waals surface area contributed by atoms with Gasteiger partial charge in [0, 0.05) is 6.04 Å². The minimum Gasteiger partial charge on any atom is -0.493 e. The Kier molecular flexibility index (Phi) is 7.57. The highest BCUT2D eigenvalue weighted by Gasteiger charge is 2.41. The summed E-state index contributed by atoms with van der Waals surface area (Å²) in [6.07, 6.45) is 6.26. The highest BCUT2D eigenvalue weighted by atomic mass is 32.2. The first-order chi connectivity index (χ1) is 16.5. The fourth-order valence-corrected chi connectivity index (χ4v) is 5.39. The van der Waals surface area contributed by atoms with Crippen molar-refractivity contribution in [3.05, 3.63) is 59.0 Å². The molecule has 1 saturated carbocycles. The third-order valence-electron chi connectivity index (χ3n) is 6.07. The van der Waals surface area contributed by atoms with Crippen LogP contribution in [0.3, 0.4) is 0 Å². The maximum Gasteiger partial charge on any atom is 0.267 e. The van der Waals surface area contributed by atoms with Gasteiger partial charge in [-0.2, -0.15) is 0 Å². The molecule has 34 heavy (non-hydrogen) atoms. The lowest BCUT2D eigenvalue weighted by Gasteiger charge is -2.35. The van der Waals surface area contributed by atoms with Gasteiger partial charge >= 0.3 is 0 Å². The van der Waals surface area contributed by atoms with Crippen LogP contribution in [0, 0.1) is 5.92 Å². The van der Waals surface area contributed by atoms with Gasteiger partial charge in [-0.25, -0.2) is 4.99 Å². The number of hydrogen-bond donors (Lipinski definition) is 1. The quantitative estimate of drug-likeness (QED) is 0.579. The number of hydrogen-bond acceptors (Lipinski definition) is 6.